The highest BCUT2D eigenvalue weighted by molar-refractivity contribution is 5.09. The third-order valence-electron chi connectivity index (χ3n) is 2.36. The molecule has 1 heterocycles. The monoisotopic (exact) mass is 264 g/mol. The lowest BCUT2D eigenvalue weighted by Gasteiger charge is -2.07. The van der Waals surface area contributed by atoms with Gasteiger partial charge in [-0.05, 0) is 24.6 Å². The Morgan fingerprint density at radius 3 is 2.83 bits per heavy atom. The maximum absolute atomic E-state index is 11.8. The van der Waals surface area contributed by atoms with Crippen LogP contribution in [0.25, 0.3) is 0 Å². The minimum absolute atomic E-state index is 0.125. The second-order valence-electron chi connectivity index (χ2n) is 4.06. The first-order valence-corrected chi connectivity index (χ1v) is 6.01. The van der Waals surface area contributed by atoms with Crippen LogP contribution in [0.5, 0.6) is 0 Å². The van der Waals surface area contributed by atoms with Crippen LogP contribution in [0.15, 0.2) is 18.5 Å². The second-order valence-corrected chi connectivity index (χ2v) is 4.06. The third-order valence-corrected chi connectivity index (χ3v) is 2.36. The number of halogens is 3. The van der Waals surface area contributed by atoms with Crippen molar-refractivity contribution < 1.29 is 17.9 Å². The number of ether oxygens (including phenoxy) is 1. The molecule has 0 amide bonds. The standard InChI is InChI=1S/C12H19F3N2O/c1-2-16-8-11-4-6-17(9-11)5-3-7-18-10-12(13,14)15/h4,6,9,16H,2-3,5,7-8,10H2,1H3. The summed E-state index contributed by atoms with van der Waals surface area (Å²) in [5.74, 6) is 0. The van der Waals surface area contributed by atoms with E-state index in [0.29, 0.717) is 13.0 Å². The van der Waals surface area contributed by atoms with E-state index in [9.17, 15) is 13.2 Å². The van der Waals surface area contributed by atoms with Gasteiger partial charge in [-0.25, -0.2) is 0 Å². The summed E-state index contributed by atoms with van der Waals surface area (Å²) in [6.45, 7) is 3.40. The van der Waals surface area contributed by atoms with Crippen LogP contribution in [0, 0.1) is 0 Å². The third kappa shape index (κ3) is 6.66. The SMILES string of the molecule is CCNCc1ccn(CCCOCC(F)(F)F)c1. The maximum Gasteiger partial charge on any atom is 0.411 e. The fraction of sp³-hybridized carbons (Fsp3) is 0.667. The average molecular weight is 264 g/mol. The minimum atomic E-state index is -4.23. The van der Waals surface area contributed by atoms with Crippen LogP contribution in [0.2, 0.25) is 0 Å². The van der Waals surface area contributed by atoms with Crippen LogP contribution in [0.1, 0.15) is 18.9 Å². The predicted molar refractivity (Wildman–Crippen MR) is 63.3 cm³/mol. The Kier molecular flexibility index (Phi) is 6.21. The summed E-state index contributed by atoms with van der Waals surface area (Å²) in [6, 6.07) is 2.00. The lowest BCUT2D eigenvalue weighted by molar-refractivity contribution is -0.174. The van der Waals surface area contributed by atoms with Gasteiger partial charge in [0.2, 0.25) is 0 Å². The topological polar surface area (TPSA) is 26.2 Å². The van der Waals surface area contributed by atoms with E-state index in [1.165, 1.54) is 5.56 Å². The molecule has 0 aliphatic rings. The van der Waals surface area contributed by atoms with Crippen LogP contribution >= 0.6 is 0 Å². The van der Waals surface area contributed by atoms with Crippen molar-refractivity contribution >= 4 is 0 Å². The molecule has 6 heteroatoms. The van der Waals surface area contributed by atoms with E-state index in [-0.39, 0.29) is 6.61 Å². The molecule has 0 aliphatic carbocycles. The zero-order valence-corrected chi connectivity index (χ0v) is 10.5. The normalized spacial score (nSPS) is 12.0. The number of hydrogen-bond donors (Lipinski definition) is 1. The molecular formula is C12H19F3N2O. The first kappa shape index (κ1) is 15.0. The first-order valence-electron chi connectivity index (χ1n) is 6.01. The quantitative estimate of drug-likeness (QED) is 0.730. The number of nitrogens with zero attached hydrogens (tertiary/aromatic N) is 1. The number of nitrogens with one attached hydrogen (secondary N) is 1. The highest BCUT2D eigenvalue weighted by Gasteiger charge is 2.27. The molecule has 0 saturated carbocycles. The molecule has 0 spiro atoms. The van der Waals surface area contributed by atoms with E-state index in [2.05, 4.69) is 10.1 Å². The molecule has 0 fully saturated rings. The molecule has 18 heavy (non-hydrogen) atoms. The average Bonchev–Trinajstić information content (AvgIpc) is 2.72. The Morgan fingerprint density at radius 1 is 1.39 bits per heavy atom. The number of hydrogen-bond acceptors (Lipinski definition) is 2. The molecule has 0 aliphatic heterocycles. The van der Waals surface area contributed by atoms with Crippen LogP contribution in [-0.2, 0) is 17.8 Å². The summed E-state index contributed by atoms with van der Waals surface area (Å²) in [7, 11) is 0. The second kappa shape index (κ2) is 7.43. The summed E-state index contributed by atoms with van der Waals surface area (Å²) >= 11 is 0. The van der Waals surface area contributed by atoms with E-state index < -0.39 is 12.8 Å². The largest absolute Gasteiger partial charge is 0.411 e. The summed E-state index contributed by atoms with van der Waals surface area (Å²) in [4.78, 5) is 0. The van der Waals surface area contributed by atoms with E-state index in [1.54, 1.807) is 0 Å². The van der Waals surface area contributed by atoms with Crippen LogP contribution in [0.4, 0.5) is 13.2 Å². The van der Waals surface area contributed by atoms with E-state index >= 15 is 0 Å². The van der Waals surface area contributed by atoms with Gasteiger partial charge in [-0.3, -0.25) is 0 Å². The summed E-state index contributed by atoms with van der Waals surface area (Å²) in [5.41, 5.74) is 1.17. The fourth-order valence-electron chi connectivity index (χ4n) is 1.54. The molecule has 0 aromatic carbocycles. The Balaban J connectivity index is 2.13. The molecule has 0 saturated heterocycles. The van der Waals surface area contributed by atoms with Gasteiger partial charge in [0.1, 0.15) is 6.61 Å². The van der Waals surface area contributed by atoms with E-state index in [4.69, 9.17) is 0 Å². The molecule has 1 aromatic heterocycles. The summed E-state index contributed by atoms with van der Waals surface area (Å²) in [5, 5.41) is 3.21. The van der Waals surface area contributed by atoms with Gasteiger partial charge in [-0.15, -0.1) is 0 Å². The maximum atomic E-state index is 11.8. The van der Waals surface area contributed by atoms with Crippen LogP contribution in [0.3, 0.4) is 0 Å². The van der Waals surface area contributed by atoms with Crippen molar-refractivity contribution in [1.29, 1.82) is 0 Å². The van der Waals surface area contributed by atoms with Gasteiger partial charge in [-0.1, -0.05) is 6.92 Å². The number of aryl methyl sites for hydroxylation is 1. The van der Waals surface area contributed by atoms with Gasteiger partial charge >= 0.3 is 6.18 Å². The first-order chi connectivity index (χ1) is 8.51. The summed E-state index contributed by atoms with van der Waals surface area (Å²) in [6.07, 6.45) is 0.265. The highest BCUT2D eigenvalue weighted by Crippen LogP contribution is 2.14. The van der Waals surface area contributed by atoms with Crippen molar-refractivity contribution in [3.63, 3.8) is 0 Å². The number of alkyl halides is 3. The Morgan fingerprint density at radius 2 is 2.17 bits per heavy atom. The van der Waals surface area contributed by atoms with Gasteiger partial charge < -0.3 is 14.6 Å². The van der Waals surface area contributed by atoms with Crippen LogP contribution in [-0.4, -0.2) is 30.5 Å². The van der Waals surface area contributed by atoms with Gasteiger partial charge in [0.05, 0.1) is 0 Å². The molecule has 0 unspecified atom stereocenters. The van der Waals surface area contributed by atoms with Crippen molar-refractivity contribution in [1.82, 2.24) is 9.88 Å². The van der Waals surface area contributed by atoms with Gasteiger partial charge in [0.15, 0.2) is 0 Å². The zero-order chi connectivity index (χ0) is 13.4. The predicted octanol–water partition coefficient (Wildman–Crippen LogP) is 2.57. The lowest BCUT2D eigenvalue weighted by Crippen LogP contribution is -2.17. The highest BCUT2D eigenvalue weighted by atomic mass is 19.4. The van der Waals surface area contributed by atoms with Gasteiger partial charge in [-0.2, -0.15) is 13.2 Å². The molecule has 3 nitrogen and oxygen atoms in total. The molecular weight excluding hydrogens is 245 g/mol. The molecule has 104 valence electrons. The molecule has 1 N–H and O–H groups in total. The fourth-order valence-corrected chi connectivity index (χ4v) is 1.54. The minimum Gasteiger partial charge on any atom is -0.372 e. The van der Waals surface area contributed by atoms with Crippen molar-refractivity contribution in [3.8, 4) is 0 Å². The van der Waals surface area contributed by atoms with E-state index in [1.807, 2.05) is 30.0 Å². The molecule has 1 rings (SSSR count). The lowest BCUT2D eigenvalue weighted by atomic mass is 10.3. The number of rotatable bonds is 8. The number of aromatic nitrogens is 1. The molecule has 0 radical (unpaired) electrons. The molecule has 0 atom stereocenters. The van der Waals surface area contributed by atoms with Crippen LogP contribution < -0.4 is 5.32 Å². The van der Waals surface area contributed by atoms with Crippen molar-refractivity contribution in [2.24, 2.45) is 0 Å². The van der Waals surface area contributed by atoms with Gasteiger partial charge in [0, 0.05) is 32.1 Å². The Hall–Kier alpha value is -1.01. The summed E-state index contributed by atoms with van der Waals surface area (Å²) < 4.78 is 41.9. The Labute approximate surface area is 105 Å². The van der Waals surface area contributed by atoms with Crippen molar-refractivity contribution in [3.05, 3.63) is 24.0 Å². The Bertz CT molecular complexity index is 336. The van der Waals surface area contributed by atoms with E-state index in [0.717, 1.165) is 13.1 Å². The molecule has 0 bridgehead atoms. The van der Waals surface area contributed by atoms with Gasteiger partial charge in [0.25, 0.3) is 0 Å². The van der Waals surface area contributed by atoms with Crippen molar-refractivity contribution in [2.75, 3.05) is 19.8 Å². The smallest absolute Gasteiger partial charge is 0.372 e. The zero-order valence-electron chi connectivity index (χ0n) is 10.5. The molecule has 1 aromatic rings. The van der Waals surface area contributed by atoms with Crippen molar-refractivity contribution in [2.45, 2.75) is 32.6 Å².